The quantitative estimate of drug-likeness (QED) is 0.389. The number of nitrogens with zero attached hydrogens (tertiary/aromatic N) is 3. The molecule has 9 heteroatoms. The molecule has 28 heavy (non-hydrogen) atoms. The maximum absolute atomic E-state index is 11.5. The molecule has 0 amide bonds. The van der Waals surface area contributed by atoms with E-state index in [0.717, 1.165) is 5.56 Å². The Morgan fingerprint density at radius 1 is 1.14 bits per heavy atom. The molecule has 1 heterocycles. The maximum Gasteiger partial charge on any atom is 0.337 e. The van der Waals surface area contributed by atoms with Gasteiger partial charge in [-0.15, -0.1) is 0 Å². The zero-order valence-corrected chi connectivity index (χ0v) is 16.3. The number of aromatic nitrogens is 3. The monoisotopic (exact) mass is 398 g/mol. The predicted molar refractivity (Wildman–Crippen MR) is 107 cm³/mol. The first-order valence-electron chi connectivity index (χ1n) is 8.20. The average molecular weight is 398 g/mol. The fraction of sp³-hybridized carbons (Fsp3) is 0.158. The van der Waals surface area contributed by atoms with E-state index in [1.54, 1.807) is 56.8 Å². The Labute approximate surface area is 166 Å². The van der Waals surface area contributed by atoms with Crippen LogP contribution >= 0.6 is 12.2 Å². The van der Waals surface area contributed by atoms with Crippen LogP contribution in [0.5, 0.6) is 11.5 Å². The first-order valence-corrected chi connectivity index (χ1v) is 8.60. The number of benzene rings is 2. The van der Waals surface area contributed by atoms with E-state index in [9.17, 15) is 4.79 Å². The highest BCUT2D eigenvalue weighted by Crippen LogP contribution is 2.32. The zero-order valence-electron chi connectivity index (χ0n) is 15.5. The second kappa shape index (κ2) is 8.49. The molecular weight excluding hydrogens is 380 g/mol. The minimum absolute atomic E-state index is 0.329. The number of rotatable bonds is 6. The lowest BCUT2D eigenvalue weighted by Crippen LogP contribution is -2.01. The van der Waals surface area contributed by atoms with Crippen LogP contribution in [-0.4, -0.2) is 48.4 Å². The van der Waals surface area contributed by atoms with Crippen molar-refractivity contribution in [2.24, 2.45) is 5.10 Å². The van der Waals surface area contributed by atoms with E-state index < -0.39 is 5.97 Å². The molecule has 0 aliphatic rings. The molecule has 0 atom stereocenters. The lowest BCUT2D eigenvalue weighted by atomic mass is 10.1. The number of ether oxygens (including phenoxy) is 3. The third-order valence-corrected chi connectivity index (χ3v) is 4.22. The van der Waals surface area contributed by atoms with Gasteiger partial charge in [0, 0.05) is 6.07 Å². The zero-order chi connectivity index (χ0) is 20.1. The largest absolute Gasteiger partial charge is 0.497 e. The van der Waals surface area contributed by atoms with Gasteiger partial charge in [-0.2, -0.15) is 14.9 Å². The summed E-state index contributed by atoms with van der Waals surface area (Å²) in [6.07, 6.45) is 1.62. The number of hydrogen-bond acceptors (Lipinski definition) is 7. The Balaban J connectivity index is 1.95. The lowest BCUT2D eigenvalue weighted by molar-refractivity contribution is 0.0600. The lowest BCUT2D eigenvalue weighted by Gasteiger charge is -2.09. The summed E-state index contributed by atoms with van der Waals surface area (Å²) in [5.41, 5.74) is 1.94. The van der Waals surface area contributed by atoms with E-state index in [1.165, 1.54) is 11.8 Å². The van der Waals surface area contributed by atoms with Crippen LogP contribution < -0.4 is 9.47 Å². The molecule has 0 unspecified atom stereocenters. The molecule has 0 spiro atoms. The summed E-state index contributed by atoms with van der Waals surface area (Å²) in [4.78, 5) is 11.5. The van der Waals surface area contributed by atoms with Crippen LogP contribution in [0.2, 0.25) is 0 Å². The van der Waals surface area contributed by atoms with Gasteiger partial charge in [0.15, 0.2) is 5.82 Å². The highest BCUT2D eigenvalue weighted by atomic mass is 32.1. The Kier molecular flexibility index (Phi) is 5.85. The van der Waals surface area contributed by atoms with Gasteiger partial charge in [-0.3, -0.25) is 0 Å². The van der Waals surface area contributed by atoms with Crippen molar-refractivity contribution in [1.29, 1.82) is 0 Å². The fourth-order valence-corrected chi connectivity index (χ4v) is 2.68. The van der Waals surface area contributed by atoms with Gasteiger partial charge in [0.2, 0.25) is 4.77 Å². The molecule has 0 radical (unpaired) electrons. The van der Waals surface area contributed by atoms with Crippen molar-refractivity contribution in [2.45, 2.75) is 0 Å². The summed E-state index contributed by atoms with van der Waals surface area (Å²) < 4.78 is 17.2. The second-order valence-electron chi connectivity index (χ2n) is 5.59. The van der Waals surface area contributed by atoms with Gasteiger partial charge in [-0.1, -0.05) is 12.1 Å². The number of carbonyl (C=O) groups is 1. The van der Waals surface area contributed by atoms with E-state index in [4.69, 9.17) is 26.4 Å². The smallest absolute Gasteiger partial charge is 0.337 e. The van der Waals surface area contributed by atoms with Crippen molar-refractivity contribution in [1.82, 2.24) is 14.9 Å². The van der Waals surface area contributed by atoms with Crippen molar-refractivity contribution >= 4 is 24.4 Å². The summed E-state index contributed by atoms with van der Waals surface area (Å²) in [5, 5.41) is 11.4. The molecule has 0 bridgehead atoms. The molecule has 1 aromatic heterocycles. The number of aromatic amines is 1. The van der Waals surface area contributed by atoms with E-state index in [2.05, 4.69) is 15.3 Å². The standard InChI is InChI=1S/C19H18N4O4S/c1-25-14-8-9-15(16(10-14)26-2)17-21-22-19(28)23(17)20-11-12-4-6-13(7-5-12)18(24)27-3/h4-11H,1-3H3,(H,22,28)/b20-11-. The SMILES string of the molecule is COC(=O)c1ccc(/C=N\n2c(-c3ccc(OC)cc3OC)n[nH]c2=S)cc1. The molecule has 0 saturated heterocycles. The molecule has 2 aromatic carbocycles. The molecule has 0 saturated carbocycles. The van der Waals surface area contributed by atoms with Gasteiger partial charge in [-0.25, -0.2) is 9.89 Å². The Bertz CT molecular complexity index is 1070. The number of nitrogens with one attached hydrogen (secondary N) is 1. The van der Waals surface area contributed by atoms with Gasteiger partial charge >= 0.3 is 5.97 Å². The molecule has 0 aliphatic carbocycles. The van der Waals surface area contributed by atoms with E-state index >= 15 is 0 Å². The fourth-order valence-electron chi connectivity index (χ4n) is 2.50. The minimum Gasteiger partial charge on any atom is -0.497 e. The highest BCUT2D eigenvalue weighted by Gasteiger charge is 2.14. The van der Waals surface area contributed by atoms with E-state index in [0.29, 0.717) is 33.2 Å². The molecule has 144 valence electrons. The molecule has 0 aliphatic heterocycles. The molecule has 3 aromatic rings. The van der Waals surface area contributed by atoms with Gasteiger partial charge in [0.05, 0.1) is 38.7 Å². The van der Waals surface area contributed by atoms with Gasteiger partial charge in [0.25, 0.3) is 0 Å². The topological polar surface area (TPSA) is 90.7 Å². The highest BCUT2D eigenvalue weighted by molar-refractivity contribution is 7.71. The van der Waals surface area contributed by atoms with Crippen molar-refractivity contribution in [3.63, 3.8) is 0 Å². The van der Waals surface area contributed by atoms with E-state index in [1.807, 2.05) is 6.07 Å². The molecule has 8 nitrogen and oxygen atoms in total. The third-order valence-electron chi connectivity index (χ3n) is 3.95. The van der Waals surface area contributed by atoms with Crippen LogP contribution in [0.25, 0.3) is 11.4 Å². The summed E-state index contributed by atoms with van der Waals surface area (Å²) in [5.74, 6) is 1.34. The maximum atomic E-state index is 11.5. The Morgan fingerprint density at radius 3 is 2.54 bits per heavy atom. The predicted octanol–water partition coefficient (Wildman–Crippen LogP) is 3.29. The number of H-pyrrole nitrogens is 1. The molecular formula is C19H18N4O4S. The normalized spacial score (nSPS) is 10.8. The van der Waals surface area contributed by atoms with Crippen LogP contribution in [0.15, 0.2) is 47.6 Å². The molecule has 1 N–H and O–H groups in total. The molecule has 3 rings (SSSR count). The average Bonchev–Trinajstić information content (AvgIpc) is 3.11. The number of carbonyl (C=O) groups excluding carboxylic acids is 1. The molecule has 0 fully saturated rings. The van der Waals surface area contributed by atoms with Crippen LogP contribution in [0.4, 0.5) is 0 Å². The third kappa shape index (κ3) is 3.94. The van der Waals surface area contributed by atoms with Crippen molar-refractivity contribution in [2.75, 3.05) is 21.3 Å². The number of esters is 1. The van der Waals surface area contributed by atoms with Crippen molar-refractivity contribution < 1.29 is 19.0 Å². The van der Waals surface area contributed by atoms with Crippen LogP contribution in [0.1, 0.15) is 15.9 Å². The summed E-state index contributed by atoms with van der Waals surface area (Å²) in [7, 11) is 4.49. The van der Waals surface area contributed by atoms with Crippen LogP contribution in [0.3, 0.4) is 0 Å². The first-order chi connectivity index (χ1) is 13.6. The van der Waals surface area contributed by atoms with Crippen LogP contribution in [-0.2, 0) is 4.74 Å². The van der Waals surface area contributed by atoms with Gasteiger partial charge in [0.1, 0.15) is 11.5 Å². The Hall–Kier alpha value is -3.46. The summed E-state index contributed by atoms with van der Waals surface area (Å²) in [6.45, 7) is 0. The Morgan fingerprint density at radius 2 is 1.89 bits per heavy atom. The second-order valence-corrected chi connectivity index (χ2v) is 5.98. The summed E-state index contributed by atoms with van der Waals surface area (Å²) >= 11 is 5.29. The number of methoxy groups -OCH3 is 3. The first kappa shape index (κ1) is 19.3. The van der Waals surface area contributed by atoms with Crippen molar-refractivity contribution in [3.8, 4) is 22.9 Å². The van der Waals surface area contributed by atoms with Gasteiger partial charge < -0.3 is 14.2 Å². The number of hydrogen-bond donors (Lipinski definition) is 1. The van der Waals surface area contributed by atoms with Gasteiger partial charge in [-0.05, 0) is 42.0 Å². The van der Waals surface area contributed by atoms with Crippen LogP contribution in [0, 0.1) is 4.77 Å². The van der Waals surface area contributed by atoms with E-state index in [-0.39, 0.29) is 0 Å². The summed E-state index contributed by atoms with van der Waals surface area (Å²) in [6, 6.07) is 12.2. The van der Waals surface area contributed by atoms with Crippen molar-refractivity contribution in [3.05, 3.63) is 58.4 Å². The minimum atomic E-state index is -0.394.